The van der Waals surface area contributed by atoms with Crippen LogP contribution >= 0.6 is 11.3 Å². The number of nitrogens with one attached hydrogen (secondary N) is 2. The first kappa shape index (κ1) is 21.7. The molecule has 7 nitrogen and oxygen atoms in total. The Balaban J connectivity index is 1.55. The normalized spacial score (nSPS) is 20.0. The summed E-state index contributed by atoms with van der Waals surface area (Å²) in [6, 6.07) is 9.18. The van der Waals surface area contributed by atoms with E-state index in [4.69, 9.17) is 5.73 Å². The van der Waals surface area contributed by atoms with Crippen molar-refractivity contribution in [3.63, 3.8) is 0 Å². The van der Waals surface area contributed by atoms with Crippen molar-refractivity contribution >= 4 is 38.1 Å². The van der Waals surface area contributed by atoms with E-state index in [1.54, 1.807) is 12.1 Å². The molecular formula is C20H28N4O3S2. The van der Waals surface area contributed by atoms with E-state index in [-0.39, 0.29) is 35.4 Å². The van der Waals surface area contributed by atoms with E-state index >= 15 is 0 Å². The topological polar surface area (TPSA) is 114 Å². The van der Waals surface area contributed by atoms with Crippen LogP contribution in [0.25, 0.3) is 0 Å². The molecule has 2 aromatic rings. The van der Waals surface area contributed by atoms with Crippen molar-refractivity contribution in [2.75, 3.05) is 16.8 Å². The molecule has 1 aromatic heterocycles. The number of carbonyl (C=O) groups excluding carboxylic acids is 1. The maximum absolute atomic E-state index is 12.6. The van der Waals surface area contributed by atoms with Gasteiger partial charge in [0.1, 0.15) is 10.7 Å². The summed E-state index contributed by atoms with van der Waals surface area (Å²) in [4.78, 5) is 17.4. The van der Waals surface area contributed by atoms with Gasteiger partial charge in [0.2, 0.25) is 15.8 Å². The second kappa shape index (κ2) is 9.23. The number of nitrogen functional groups attached to an aromatic ring is 1. The number of anilines is 2. The fraction of sp³-hybridized carbons (Fsp3) is 0.500. The number of carbonyl (C=O) groups is 1. The molecule has 1 aliphatic rings. The van der Waals surface area contributed by atoms with Crippen LogP contribution in [0.4, 0.5) is 10.9 Å². The molecule has 4 N–H and O–H groups in total. The zero-order chi connectivity index (χ0) is 21.0. The van der Waals surface area contributed by atoms with Crippen molar-refractivity contribution in [2.24, 2.45) is 5.92 Å². The molecule has 1 aliphatic carbocycles. The van der Waals surface area contributed by atoms with Gasteiger partial charge in [0, 0.05) is 17.6 Å². The monoisotopic (exact) mass is 436 g/mol. The number of thiazole rings is 1. The fourth-order valence-electron chi connectivity index (χ4n) is 3.55. The van der Waals surface area contributed by atoms with Crippen LogP contribution in [0.5, 0.6) is 0 Å². The van der Waals surface area contributed by atoms with E-state index in [1.807, 2.05) is 32.0 Å². The van der Waals surface area contributed by atoms with Crippen LogP contribution in [0, 0.1) is 5.92 Å². The summed E-state index contributed by atoms with van der Waals surface area (Å²) in [7, 11) is -3.23. The van der Waals surface area contributed by atoms with Crippen LogP contribution in [0.2, 0.25) is 0 Å². The minimum atomic E-state index is -3.23. The molecule has 1 aromatic carbocycles. The zero-order valence-electron chi connectivity index (χ0n) is 16.7. The Morgan fingerprint density at radius 1 is 1.17 bits per heavy atom. The lowest BCUT2D eigenvalue weighted by molar-refractivity contribution is 0.104. The number of sulfonamides is 1. The molecule has 0 radical (unpaired) electrons. The smallest absolute Gasteiger partial charge is 0.212 e. The minimum absolute atomic E-state index is 0.0200. The van der Waals surface area contributed by atoms with E-state index in [9.17, 15) is 13.2 Å². The van der Waals surface area contributed by atoms with Crippen molar-refractivity contribution < 1.29 is 13.2 Å². The van der Waals surface area contributed by atoms with E-state index < -0.39 is 10.0 Å². The molecule has 0 atom stereocenters. The summed E-state index contributed by atoms with van der Waals surface area (Å²) < 4.78 is 27.1. The van der Waals surface area contributed by atoms with Gasteiger partial charge in [0.15, 0.2) is 5.13 Å². The lowest BCUT2D eigenvalue weighted by Crippen LogP contribution is -2.41. The minimum Gasteiger partial charge on any atom is -0.382 e. The molecule has 9 heteroatoms. The van der Waals surface area contributed by atoms with Gasteiger partial charge in [-0.05, 0) is 31.6 Å². The molecule has 0 spiro atoms. The Labute approximate surface area is 176 Å². The molecule has 0 saturated heterocycles. The van der Waals surface area contributed by atoms with Crippen molar-refractivity contribution in [3.05, 3.63) is 40.8 Å². The van der Waals surface area contributed by atoms with Crippen LogP contribution in [0.3, 0.4) is 0 Å². The molecule has 0 aliphatic heterocycles. The van der Waals surface area contributed by atoms with Gasteiger partial charge in [-0.1, -0.05) is 55.5 Å². The summed E-state index contributed by atoms with van der Waals surface area (Å²) in [6.45, 7) is 3.80. The quantitative estimate of drug-likeness (QED) is 0.547. The molecule has 0 unspecified atom stereocenters. The van der Waals surface area contributed by atoms with Gasteiger partial charge in [0.25, 0.3) is 0 Å². The van der Waals surface area contributed by atoms with E-state index in [0.717, 1.165) is 25.7 Å². The van der Waals surface area contributed by atoms with Crippen LogP contribution in [-0.4, -0.2) is 37.0 Å². The standard InChI is InChI=1S/C20H28N4O3S2/c1-13(2)12-29(26,27)24-16-10-8-15(9-11-16)22-20-23-19(21)18(28-20)17(25)14-6-4-3-5-7-14/h3-7,13,15-16,24H,8-12,21H2,1-2H3,(H,22,23). The lowest BCUT2D eigenvalue weighted by atomic mass is 9.92. The maximum atomic E-state index is 12.6. The highest BCUT2D eigenvalue weighted by Crippen LogP contribution is 2.30. The zero-order valence-corrected chi connectivity index (χ0v) is 18.4. The van der Waals surface area contributed by atoms with Crippen LogP contribution in [0.15, 0.2) is 30.3 Å². The summed E-state index contributed by atoms with van der Waals surface area (Å²) >= 11 is 1.27. The molecular weight excluding hydrogens is 408 g/mol. The van der Waals surface area contributed by atoms with Gasteiger partial charge < -0.3 is 11.1 Å². The van der Waals surface area contributed by atoms with Gasteiger partial charge in [0.05, 0.1) is 5.75 Å². The van der Waals surface area contributed by atoms with Gasteiger partial charge in [-0.15, -0.1) is 0 Å². The van der Waals surface area contributed by atoms with Gasteiger partial charge >= 0.3 is 0 Å². The van der Waals surface area contributed by atoms with Crippen molar-refractivity contribution in [1.82, 2.24) is 9.71 Å². The molecule has 3 rings (SSSR count). The molecule has 1 heterocycles. The first-order valence-electron chi connectivity index (χ1n) is 9.86. The van der Waals surface area contributed by atoms with E-state index in [0.29, 0.717) is 15.6 Å². The average Bonchev–Trinajstić information content (AvgIpc) is 3.02. The van der Waals surface area contributed by atoms with E-state index in [2.05, 4.69) is 15.0 Å². The maximum Gasteiger partial charge on any atom is 0.212 e. The van der Waals surface area contributed by atoms with Gasteiger partial charge in [-0.25, -0.2) is 18.1 Å². The highest BCUT2D eigenvalue weighted by atomic mass is 32.2. The number of aromatic nitrogens is 1. The number of hydrogen-bond donors (Lipinski definition) is 3. The third-order valence-corrected chi connectivity index (χ3v) is 7.65. The molecule has 1 fully saturated rings. The summed E-state index contributed by atoms with van der Waals surface area (Å²) in [5.41, 5.74) is 6.56. The summed E-state index contributed by atoms with van der Waals surface area (Å²) in [6.07, 6.45) is 3.20. The predicted molar refractivity (Wildman–Crippen MR) is 118 cm³/mol. The first-order valence-corrected chi connectivity index (χ1v) is 12.3. The van der Waals surface area contributed by atoms with Crippen LogP contribution in [-0.2, 0) is 10.0 Å². The van der Waals surface area contributed by atoms with Crippen LogP contribution in [0.1, 0.15) is 54.8 Å². The molecule has 0 amide bonds. The molecule has 0 bridgehead atoms. The van der Waals surface area contributed by atoms with E-state index in [1.165, 1.54) is 11.3 Å². The Hall–Kier alpha value is -1.97. The lowest BCUT2D eigenvalue weighted by Gasteiger charge is -2.29. The third-order valence-electron chi connectivity index (χ3n) is 4.85. The second-order valence-corrected chi connectivity index (χ2v) is 10.7. The van der Waals surface area contributed by atoms with Crippen molar-refractivity contribution in [2.45, 2.75) is 51.6 Å². The predicted octanol–water partition coefficient (Wildman–Crippen LogP) is 3.25. The SMILES string of the molecule is CC(C)CS(=O)(=O)NC1CCC(Nc2nc(N)c(C(=O)c3ccccc3)s2)CC1. The summed E-state index contributed by atoms with van der Waals surface area (Å²) in [5, 5.41) is 3.99. The number of hydrogen-bond acceptors (Lipinski definition) is 7. The highest BCUT2D eigenvalue weighted by molar-refractivity contribution is 7.89. The average molecular weight is 437 g/mol. The third kappa shape index (κ3) is 6.01. The number of rotatable bonds is 8. The Morgan fingerprint density at radius 2 is 1.79 bits per heavy atom. The Bertz CT molecular complexity index is 934. The largest absolute Gasteiger partial charge is 0.382 e. The number of ketones is 1. The van der Waals surface area contributed by atoms with Crippen molar-refractivity contribution in [1.29, 1.82) is 0 Å². The highest BCUT2D eigenvalue weighted by Gasteiger charge is 2.26. The Kier molecular flexibility index (Phi) is 6.92. The number of benzene rings is 1. The summed E-state index contributed by atoms with van der Waals surface area (Å²) in [5.74, 6) is 0.369. The number of nitrogens with zero attached hydrogens (tertiary/aromatic N) is 1. The van der Waals surface area contributed by atoms with Crippen LogP contribution < -0.4 is 15.8 Å². The molecule has 158 valence electrons. The fourth-order valence-corrected chi connectivity index (χ4v) is 6.19. The molecule has 29 heavy (non-hydrogen) atoms. The van der Waals surface area contributed by atoms with Gasteiger partial charge in [-0.2, -0.15) is 0 Å². The Morgan fingerprint density at radius 3 is 2.41 bits per heavy atom. The number of nitrogens with two attached hydrogens (primary N) is 1. The first-order chi connectivity index (χ1) is 13.7. The van der Waals surface area contributed by atoms with Gasteiger partial charge in [-0.3, -0.25) is 4.79 Å². The van der Waals surface area contributed by atoms with Crippen molar-refractivity contribution in [3.8, 4) is 0 Å². The second-order valence-electron chi connectivity index (χ2n) is 7.91. The molecule has 1 saturated carbocycles.